The Hall–Kier alpha value is 1.36. The number of halogens is 1. The molecular formula is C2H7BrNPb. The van der Waals surface area contributed by atoms with Crippen molar-refractivity contribution in [2.45, 2.75) is 0 Å². The Kier molecular flexibility index (Phi) is 59.2. The van der Waals surface area contributed by atoms with E-state index in [0.29, 0.717) is 0 Å². The molecule has 0 aromatic carbocycles. The SMILES string of the molecule is CNC.[Br].[Pb]. The summed E-state index contributed by atoms with van der Waals surface area (Å²) in [6.07, 6.45) is 0. The third kappa shape index (κ3) is 32.7. The minimum absolute atomic E-state index is 0. The Bertz CT molecular complexity index is 9.61. The van der Waals surface area contributed by atoms with Crippen molar-refractivity contribution >= 4 is 44.3 Å². The van der Waals surface area contributed by atoms with Crippen LogP contribution in [-0.4, -0.2) is 41.4 Å². The largest absolute Gasteiger partial charge is 0.323 e. The maximum atomic E-state index is 2.75. The van der Waals surface area contributed by atoms with Crippen molar-refractivity contribution in [3.8, 4) is 0 Å². The van der Waals surface area contributed by atoms with Crippen molar-refractivity contribution in [2.24, 2.45) is 0 Å². The molecule has 1 N–H and O–H groups in total. The standard InChI is InChI=1S/C2H7N.Br.Pb/c1-3-2;;/h3H,1-2H3;;. The number of rotatable bonds is 0. The van der Waals surface area contributed by atoms with Crippen molar-refractivity contribution in [3.63, 3.8) is 0 Å². The van der Waals surface area contributed by atoms with Crippen LogP contribution in [0.25, 0.3) is 0 Å². The molecule has 0 bridgehead atoms. The summed E-state index contributed by atoms with van der Waals surface area (Å²) in [5, 5.41) is 2.75. The summed E-state index contributed by atoms with van der Waals surface area (Å²) in [5.41, 5.74) is 0. The zero-order valence-electron chi connectivity index (χ0n) is 3.38. The molecular weight excluding hydrogens is 325 g/mol. The Morgan fingerprint density at radius 3 is 1.20 bits per heavy atom. The van der Waals surface area contributed by atoms with Gasteiger partial charge in [0.2, 0.25) is 0 Å². The zero-order chi connectivity index (χ0) is 2.71. The second-order valence-corrected chi connectivity index (χ2v) is 0.500. The first kappa shape index (κ1) is 16.2. The van der Waals surface area contributed by atoms with Gasteiger partial charge in [0.1, 0.15) is 0 Å². The molecule has 0 unspecified atom stereocenters. The quantitative estimate of drug-likeness (QED) is 0.630. The number of hydrogen-bond acceptors (Lipinski definition) is 1. The van der Waals surface area contributed by atoms with Gasteiger partial charge in [-0.2, -0.15) is 0 Å². The molecule has 3 heteroatoms. The average molecular weight is 332 g/mol. The predicted octanol–water partition coefficient (Wildman–Crippen LogP) is 0.300. The van der Waals surface area contributed by atoms with Crippen molar-refractivity contribution in [3.05, 3.63) is 0 Å². The molecule has 5 radical (unpaired) electrons. The summed E-state index contributed by atoms with van der Waals surface area (Å²) >= 11 is 0. The fourth-order valence-electron chi connectivity index (χ4n) is 0. The van der Waals surface area contributed by atoms with Crippen LogP contribution < -0.4 is 5.32 Å². The molecule has 0 aliphatic rings. The van der Waals surface area contributed by atoms with Gasteiger partial charge < -0.3 is 5.32 Å². The molecule has 0 aromatic rings. The molecule has 0 heterocycles. The van der Waals surface area contributed by atoms with E-state index >= 15 is 0 Å². The molecule has 0 spiro atoms. The monoisotopic (exact) mass is 332 g/mol. The second kappa shape index (κ2) is 18.3. The molecule has 0 atom stereocenters. The second-order valence-electron chi connectivity index (χ2n) is 0.500. The zero-order valence-corrected chi connectivity index (χ0v) is 8.85. The van der Waals surface area contributed by atoms with Gasteiger partial charge in [-0.25, -0.2) is 0 Å². The van der Waals surface area contributed by atoms with E-state index in [0.717, 1.165) is 0 Å². The number of hydrogen-bond donors (Lipinski definition) is 1. The Labute approximate surface area is 63.4 Å². The molecule has 5 heavy (non-hydrogen) atoms. The van der Waals surface area contributed by atoms with Gasteiger partial charge in [-0.15, -0.1) is 0 Å². The maximum absolute atomic E-state index is 2.75. The molecule has 1 nitrogen and oxygen atoms in total. The Morgan fingerprint density at radius 1 is 1.20 bits per heavy atom. The van der Waals surface area contributed by atoms with E-state index in [9.17, 15) is 0 Å². The third-order valence-corrected chi connectivity index (χ3v) is 0. The molecule has 0 aliphatic heterocycles. The van der Waals surface area contributed by atoms with Crippen LogP contribution in [0.3, 0.4) is 0 Å². The maximum Gasteiger partial charge on any atom is 0 e. The molecule has 0 saturated carbocycles. The van der Waals surface area contributed by atoms with E-state index in [1.54, 1.807) is 0 Å². The van der Waals surface area contributed by atoms with Gasteiger partial charge >= 0.3 is 0 Å². The van der Waals surface area contributed by atoms with Gasteiger partial charge in [0.05, 0.1) is 0 Å². The molecule has 0 amide bonds. The molecule has 0 saturated heterocycles. The van der Waals surface area contributed by atoms with Crippen LogP contribution in [0.2, 0.25) is 0 Å². The third-order valence-electron chi connectivity index (χ3n) is 0. The summed E-state index contributed by atoms with van der Waals surface area (Å²) in [6.45, 7) is 0. The first-order valence-corrected chi connectivity index (χ1v) is 1.00. The van der Waals surface area contributed by atoms with Gasteiger partial charge in [-0.3, -0.25) is 0 Å². The molecule has 0 rings (SSSR count). The van der Waals surface area contributed by atoms with E-state index in [2.05, 4.69) is 5.32 Å². The van der Waals surface area contributed by atoms with E-state index in [1.807, 2.05) is 14.1 Å². The fourth-order valence-corrected chi connectivity index (χ4v) is 0. The molecule has 0 aliphatic carbocycles. The predicted molar refractivity (Wildman–Crippen MR) is 29.7 cm³/mol. The van der Waals surface area contributed by atoms with Gasteiger partial charge in [-0.05, 0) is 14.1 Å². The first-order chi connectivity index (χ1) is 1.41. The van der Waals surface area contributed by atoms with Crippen molar-refractivity contribution in [1.82, 2.24) is 5.32 Å². The van der Waals surface area contributed by atoms with Crippen molar-refractivity contribution in [2.75, 3.05) is 14.1 Å². The summed E-state index contributed by atoms with van der Waals surface area (Å²) in [6, 6.07) is 0. The summed E-state index contributed by atoms with van der Waals surface area (Å²) in [5.74, 6) is 0. The summed E-state index contributed by atoms with van der Waals surface area (Å²) in [7, 11) is 3.75. The molecule has 31 valence electrons. The van der Waals surface area contributed by atoms with Crippen molar-refractivity contribution < 1.29 is 0 Å². The summed E-state index contributed by atoms with van der Waals surface area (Å²) in [4.78, 5) is 0. The van der Waals surface area contributed by atoms with Crippen LogP contribution in [0.1, 0.15) is 0 Å². The topological polar surface area (TPSA) is 12.0 Å². The van der Waals surface area contributed by atoms with E-state index in [1.165, 1.54) is 0 Å². The van der Waals surface area contributed by atoms with Crippen LogP contribution in [0, 0.1) is 0 Å². The fraction of sp³-hybridized carbons (Fsp3) is 1.00. The van der Waals surface area contributed by atoms with Crippen LogP contribution >= 0.6 is 17.0 Å². The van der Waals surface area contributed by atoms with Crippen molar-refractivity contribution in [1.29, 1.82) is 0 Å². The molecule has 0 aromatic heterocycles. The van der Waals surface area contributed by atoms with E-state index in [4.69, 9.17) is 0 Å². The number of nitrogens with one attached hydrogen (secondary N) is 1. The smallest absolute Gasteiger partial charge is 0 e. The minimum atomic E-state index is 0. The summed E-state index contributed by atoms with van der Waals surface area (Å²) < 4.78 is 0. The van der Waals surface area contributed by atoms with Gasteiger partial charge in [0, 0.05) is 44.3 Å². The van der Waals surface area contributed by atoms with E-state index < -0.39 is 0 Å². The minimum Gasteiger partial charge on any atom is -0.323 e. The average Bonchev–Trinajstić information content (AvgIpc) is 0.918. The van der Waals surface area contributed by atoms with Gasteiger partial charge in [0.15, 0.2) is 0 Å². The van der Waals surface area contributed by atoms with E-state index in [-0.39, 0.29) is 44.3 Å². The molecule has 0 fully saturated rings. The normalized spacial score (nSPS) is 3.60. The first-order valence-electron chi connectivity index (χ1n) is 1.00. The Balaban J connectivity index is -0.0000000200. The van der Waals surface area contributed by atoms with Crippen LogP contribution in [0.5, 0.6) is 0 Å². The van der Waals surface area contributed by atoms with Crippen LogP contribution in [0.4, 0.5) is 0 Å². The van der Waals surface area contributed by atoms with Gasteiger partial charge in [-0.1, -0.05) is 0 Å². The van der Waals surface area contributed by atoms with Crippen LogP contribution in [0.15, 0.2) is 0 Å². The Morgan fingerprint density at radius 2 is 1.20 bits per heavy atom. The van der Waals surface area contributed by atoms with Crippen LogP contribution in [-0.2, 0) is 0 Å². The van der Waals surface area contributed by atoms with Gasteiger partial charge in [0.25, 0.3) is 0 Å².